The third-order valence-corrected chi connectivity index (χ3v) is 3.51. The molecule has 0 heterocycles. The summed E-state index contributed by atoms with van der Waals surface area (Å²) in [5, 5.41) is 8.91. The number of hydrogen-bond acceptors (Lipinski definition) is 1. The Morgan fingerprint density at radius 2 is 2.36 bits per heavy atom. The van der Waals surface area contributed by atoms with Crippen molar-refractivity contribution in [3.63, 3.8) is 0 Å². The number of rotatable bonds is 2. The molecule has 0 spiro atoms. The first-order valence-electron chi connectivity index (χ1n) is 4.53. The molecule has 14 heavy (non-hydrogen) atoms. The summed E-state index contributed by atoms with van der Waals surface area (Å²) in [4.78, 5) is 10.8. The second-order valence-electron chi connectivity index (χ2n) is 4.02. The van der Waals surface area contributed by atoms with Crippen LogP contribution in [0.2, 0.25) is 0 Å². The summed E-state index contributed by atoms with van der Waals surface area (Å²) in [6, 6.07) is 7.89. The van der Waals surface area contributed by atoms with E-state index in [-0.39, 0.29) is 11.3 Å². The Morgan fingerprint density at radius 1 is 1.64 bits per heavy atom. The van der Waals surface area contributed by atoms with Crippen LogP contribution in [0.1, 0.15) is 18.9 Å². The van der Waals surface area contributed by atoms with E-state index in [0.717, 1.165) is 16.5 Å². The molecular weight excluding hydrogens is 244 g/mol. The lowest BCUT2D eigenvalue weighted by molar-refractivity contribution is -0.138. The third kappa shape index (κ3) is 1.46. The minimum atomic E-state index is -0.688. The average molecular weight is 255 g/mol. The Kier molecular flexibility index (Phi) is 2.14. The van der Waals surface area contributed by atoms with Gasteiger partial charge in [0.1, 0.15) is 0 Å². The number of aliphatic carboxylic acids is 1. The molecule has 74 valence electrons. The van der Waals surface area contributed by atoms with E-state index >= 15 is 0 Å². The SMILES string of the molecule is C[C@@]1(c2cccc(Br)c2)C[C@H]1C(=O)O. The molecule has 0 saturated heterocycles. The highest BCUT2D eigenvalue weighted by Gasteiger charge is 2.55. The lowest BCUT2D eigenvalue weighted by Crippen LogP contribution is -2.10. The van der Waals surface area contributed by atoms with E-state index < -0.39 is 5.97 Å². The summed E-state index contributed by atoms with van der Waals surface area (Å²) in [6.45, 7) is 2.01. The summed E-state index contributed by atoms with van der Waals surface area (Å²) < 4.78 is 1.01. The molecule has 2 atom stereocenters. The van der Waals surface area contributed by atoms with Gasteiger partial charge < -0.3 is 5.11 Å². The fraction of sp³-hybridized carbons (Fsp3) is 0.364. The van der Waals surface area contributed by atoms with Gasteiger partial charge in [0, 0.05) is 9.89 Å². The van der Waals surface area contributed by atoms with Crippen LogP contribution in [-0.2, 0) is 10.2 Å². The molecule has 1 aliphatic rings. The van der Waals surface area contributed by atoms with Crippen molar-refractivity contribution < 1.29 is 9.90 Å². The lowest BCUT2D eigenvalue weighted by atomic mass is 9.96. The summed E-state index contributed by atoms with van der Waals surface area (Å²) in [5.41, 5.74) is 0.953. The maximum atomic E-state index is 10.8. The van der Waals surface area contributed by atoms with Gasteiger partial charge in [-0.2, -0.15) is 0 Å². The molecule has 1 N–H and O–H groups in total. The molecule has 3 heteroatoms. The second-order valence-corrected chi connectivity index (χ2v) is 4.94. The van der Waals surface area contributed by atoms with Gasteiger partial charge in [0.15, 0.2) is 0 Å². The predicted octanol–water partition coefficient (Wildman–Crippen LogP) is 2.81. The van der Waals surface area contributed by atoms with E-state index in [1.165, 1.54) is 0 Å². The van der Waals surface area contributed by atoms with E-state index in [4.69, 9.17) is 5.11 Å². The molecule has 1 fully saturated rings. The van der Waals surface area contributed by atoms with E-state index in [1.807, 2.05) is 31.2 Å². The van der Waals surface area contributed by atoms with Gasteiger partial charge in [0.2, 0.25) is 0 Å². The summed E-state index contributed by atoms with van der Waals surface area (Å²) in [7, 11) is 0. The zero-order valence-corrected chi connectivity index (χ0v) is 9.41. The largest absolute Gasteiger partial charge is 0.481 e. The van der Waals surface area contributed by atoms with E-state index in [9.17, 15) is 4.79 Å². The number of carboxylic acid groups (broad SMARTS) is 1. The molecule has 1 aliphatic carbocycles. The standard InChI is InChI=1S/C11H11BrO2/c1-11(6-9(11)10(13)14)7-3-2-4-8(12)5-7/h2-5,9H,6H2,1H3,(H,13,14)/t9-,11-/m0/s1. The van der Waals surface area contributed by atoms with E-state index in [1.54, 1.807) is 0 Å². The van der Waals surface area contributed by atoms with Gasteiger partial charge in [0.05, 0.1) is 5.92 Å². The maximum Gasteiger partial charge on any atom is 0.307 e. The predicted molar refractivity (Wildman–Crippen MR) is 57.2 cm³/mol. The average Bonchev–Trinajstić information content (AvgIpc) is 2.80. The van der Waals surface area contributed by atoms with Gasteiger partial charge in [-0.05, 0) is 24.1 Å². The molecule has 0 radical (unpaired) electrons. The van der Waals surface area contributed by atoms with Gasteiger partial charge in [-0.15, -0.1) is 0 Å². The lowest BCUT2D eigenvalue weighted by Gasteiger charge is -2.10. The third-order valence-electron chi connectivity index (χ3n) is 3.02. The molecular formula is C11H11BrO2. The van der Waals surface area contributed by atoms with Gasteiger partial charge in [0.25, 0.3) is 0 Å². The first-order valence-corrected chi connectivity index (χ1v) is 5.32. The van der Waals surface area contributed by atoms with Gasteiger partial charge >= 0.3 is 5.97 Å². The molecule has 0 aliphatic heterocycles. The second kappa shape index (κ2) is 3.09. The normalized spacial score (nSPS) is 30.0. The Bertz CT molecular complexity index is 389. The van der Waals surface area contributed by atoms with Crippen molar-refractivity contribution in [3.8, 4) is 0 Å². The van der Waals surface area contributed by atoms with Gasteiger partial charge in [-0.3, -0.25) is 4.79 Å². The summed E-state index contributed by atoms with van der Waals surface area (Å²) >= 11 is 3.39. The first kappa shape index (κ1) is 9.71. The zero-order valence-electron chi connectivity index (χ0n) is 7.83. The van der Waals surface area contributed by atoms with Crippen molar-refractivity contribution in [1.82, 2.24) is 0 Å². The van der Waals surface area contributed by atoms with E-state index in [0.29, 0.717) is 0 Å². The van der Waals surface area contributed by atoms with Crippen LogP contribution in [0.15, 0.2) is 28.7 Å². The summed E-state index contributed by atoms with van der Waals surface area (Å²) in [6.07, 6.45) is 0.749. The zero-order chi connectivity index (χ0) is 10.3. The van der Waals surface area contributed by atoms with E-state index in [2.05, 4.69) is 15.9 Å². The highest BCUT2D eigenvalue weighted by Crippen LogP contribution is 2.54. The Balaban J connectivity index is 2.30. The summed E-state index contributed by atoms with van der Waals surface area (Å²) in [5.74, 6) is -0.899. The smallest absolute Gasteiger partial charge is 0.307 e. The Labute approximate surface area is 91.1 Å². The quantitative estimate of drug-likeness (QED) is 0.882. The number of hydrogen-bond donors (Lipinski definition) is 1. The molecule has 0 aromatic heterocycles. The molecule has 1 saturated carbocycles. The van der Waals surface area contributed by atoms with Crippen LogP contribution in [0.4, 0.5) is 0 Å². The van der Waals surface area contributed by atoms with Crippen molar-refractivity contribution >= 4 is 21.9 Å². The van der Waals surface area contributed by atoms with Crippen molar-refractivity contribution in [1.29, 1.82) is 0 Å². The van der Waals surface area contributed by atoms with Crippen LogP contribution in [0, 0.1) is 5.92 Å². The molecule has 2 nitrogen and oxygen atoms in total. The van der Waals surface area contributed by atoms with Crippen LogP contribution >= 0.6 is 15.9 Å². The van der Waals surface area contributed by atoms with Crippen molar-refractivity contribution in [2.45, 2.75) is 18.8 Å². The first-order chi connectivity index (χ1) is 6.54. The topological polar surface area (TPSA) is 37.3 Å². The van der Waals surface area contributed by atoms with Crippen molar-refractivity contribution in [3.05, 3.63) is 34.3 Å². The number of benzene rings is 1. The fourth-order valence-corrected chi connectivity index (χ4v) is 2.29. The molecule has 1 aromatic carbocycles. The van der Waals surface area contributed by atoms with Crippen LogP contribution in [0.25, 0.3) is 0 Å². The maximum absolute atomic E-state index is 10.8. The minimum absolute atomic E-state index is 0.157. The monoisotopic (exact) mass is 254 g/mol. The highest BCUT2D eigenvalue weighted by atomic mass is 79.9. The highest BCUT2D eigenvalue weighted by molar-refractivity contribution is 9.10. The number of carboxylic acids is 1. The van der Waals surface area contributed by atoms with Crippen molar-refractivity contribution in [2.24, 2.45) is 5.92 Å². The number of carbonyl (C=O) groups is 1. The molecule has 0 amide bonds. The van der Waals surface area contributed by atoms with Crippen LogP contribution in [0.5, 0.6) is 0 Å². The van der Waals surface area contributed by atoms with Crippen LogP contribution in [-0.4, -0.2) is 11.1 Å². The molecule has 0 unspecified atom stereocenters. The molecule has 2 rings (SSSR count). The van der Waals surface area contributed by atoms with Crippen molar-refractivity contribution in [2.75, 3.05) is 0 Å². The van der Waals surface area contributed by atoms with Gasteiger partial charge in [-0.1, -0.05) is 35.0 Å². The fourth-order valence-electron chi connectivity index (χ4n) is 1.89. The van der Waals surface area contributed by atoms with Gasteiger partial charge in [-0.25, -0.2) is 0 Å². The number of halogens is 1. The Hall–Kier alpha value is -0.830. The van der Waals surface area contributed by atoms with Crippen LogP contribution < -0.4 is 0 Å². The molecule has 0 bridgehead atoms. The Morgan fingerprint density at radius 3 is 2.86 bits per heavy atom. The molecule has 1 aromatic rings. The van der Waals surface area contributed by atoms with Crippen LogP contribution in [0.3, 0.4) is 0 Å². The minimum Gasteiger partial charge on any atom is -0.481 e.